The van der Waals surface area contributed by atoms with Crippen molar-refractivity contribution in [2.75, 3.05) is 7.05 Å². The van der Waals surface area contributed by atoms with Crippen LogP contribution in [0.25, 0.3) is 10.9 Å². The normalized spacial score (nSPS) is 13.2. The molecule has 1 aromatic carbocycles. The van der Waals surface area contributed by atoms with Crippen molar-refractivity contribution in [3.63, 3.8) is 0 Å². The average molecular weight is 446 g/mol. The van der Waals surface area contributed by atoms with Crippen LogP contribution in [0.3, 0.4) is 0 Å². The van der Waals surface area contributed by atoms with E-state index in [9.17, 15) is 9.59 Å². The predicted molar refractivity (Wildman–Crippen MR) is 129 cm³/mol. The number of carbonyl (C=O) groups excluding carboxylic acids is 1. The van der Waals surface area contributed by atoms with Crippen molar-refractivity contribution in [1.82, 2.24) is 24.6 Å². The fraction of sp³-hybridized carbons (Fsp3) is 0.333. The third kappa shape index (κ3) is 4.90. The van der Waals surface area contributed by atoms with Gasteiger partial charge in [0.05, 0.1) is 28.7 Å². The maximum Gasteiger partial charge on any atom is 0.262 e. The predicted octanol–water partition coefficient (Wildman–Crippen LogP) is 1.99. The van der Waals surface area contributed by atoms with Gasteiger partial charge in [0, 0.05) is 44.3 Å². The van der Waals surface area contributed by atoms with E-state index in [-0.39, 0.29) is 17.2 Å². The lowest BCUT2D eigenvalue weighted by Gasteiger charge is -2.21. The number of nitrogens with zero attached hydrogens (tertiary/aromatic N) is 5. The number of aryl methyl sites for hydroxylation is 1. The molecule has 170 valence electrons. The first kappa shape index (κ1) is 23.6. The van der Waals surface area contributed by atoms with Crippen molar-refractivity contribution in [2.24, 2.45) is 25.0 Å². The Bertz CT molecular complexity index is 1390. The molecule has 2 aromatic heterocycles. The van der Waals surface area contributed by atoms with Crippen molar-refractivity contribution in [3.8, 4) is 11.8 Å². The first-order valence-electron chi connectivity index (χ1n) is 10.4. The minimum Gasteiger partial charge on any atom is -0.346 e. The Hall–Kier alpha value is -4.06. The number of aromatic nitrogens is 4. The summed E-state index contributed by atoms with van der Waals surface area (Å²) < 4.78 is 3.09. The number of nitrogens with one attached hydrogen (secondary N) is 2. The molecule has 0 fully saturated rings. The Kier molecular flexibility index (Phi) is 6.87. The molecule has 9 nitrogen and oxygen atoms in total. The molecule has 2 unspecified atom stereocenters. The smallest absolute Gasteiger partial charge is 0.262 e. The van der Waals surface area contributed by atoms with E-state index in [4.69, 9.17) is 5.41 Å². The van der Waals surface area contributed by atoms with E-state index in [0.29, 0.717) is 28.0 Å². The molecular formula is C24H27N7O2. The molecule has 0 aliphatic heterocycles. The summed E-state index contributed by atoms with van der Waals surface area (Å²) in [5.41, 5.74) is 2.30. The van der Waals surface area contributed by atoms with Crippen LogP contribution in [0.2, 0.25) is 0 Å². The van der Waals surface area contributed by atoms with Gasteiger partial charge < -0.3 is 10.7 Å². The van der Waals surface area contributed by atoms with Gasteiger partial charge >= 0.3 is 0 Å². The standard InChI is InChI=1S/C24H27N7O2/c1-14(25)20(15(2)26-4)23(32)28-16(3)22-29-19-9-7-8-18(21(19)24(33)31(22)6)11-10-17-12-27-30(5)13-17/h7-9,12-13,16,20,25H,1-6H3,(H,28,32). The Morgan fingerprint density at radius 2 is 1.97 bits per heavy atom. The third-order valence-electron chi connectivity index (χ3n) is 5.40. The molecule has 0 saturated heterocycles. The minimum atomic E-state index is -0.760. The van der Waals surface area contributed by atoms with E-state index in [1.807, 2.05) is 7.05 Å². The second kappa shape index (κ2) is 9.61. The summed E-state index contributed by atoms with van der Waals surface area (Å²) in [4.78, 5) is 34.8. The number of fused-ring (bicyclic) bond motifs is 1. The molecule has 3 aromatic rings. The van der Waals surface area contributed by atoms with Crippen LogP contribution in [0.15, 0.2) is 40.4 Å². The minimum absolute atomic E-state index is 0.194. The second-order valence-electron chi connectivity index (χ2n) is 7.90. The van der Waals surface area contributed by atoms with Gasteiger partial charge in [-0.3, -0.25) is 23.8 Å². The van der Waals surface area contributed by atoms with Crippen LogP contribution in [0.5, 0.6) is 0 Å². The van der Waals surface area contributed by atoms with Crippen molar-refractivity contribution in [1.29, 1.82) is 5.41 Å². The zero-order chi connectivity index (χ0) is 24.3. The van der Waals surface area contributed by atoms with Crippen LogP contribution < -0.4 is 10.9 Å². The van der Waals surface area contributed by atoms with Crippen LogP contribution in [-0.2, 0) is 18.9 Å². The lowest BCUT2D eigenvalue weighted by Crippen LogP contribution is -2.41. The van der Waals surface area contributed by atoms with E-state index in [1.165, 1.54) is 4.57 Å². The number of benzene rings is 1. The van der Waals surface area contributed by atoms with E-state index in [0.717, 1.165) is 5.56 Å². The van der Waals surface area contributed by atoms with Gasteiger partial charge in [-0.1, -0.05) is 17.9 Å². The highest BCUT2D eigenvalue weighted by molar-refractivity contribution is 6.19. The van der Waals surface area contributed by atoms with E-state index < -0.39 is 12.0 Å². The van der Waals surface area contributed by atoms with Crippen molar-refractivity contribution in [3.05, 3.63) is 57.9 Å². The molecule has 1 amide bonds. The van der Waals surface area contributed by atoms with Crippen LogP contribution in [0.1, 0.15) is 43.8 Å². The molecule has 0 radical (unpaired) electrons. The van der Waals surface area contributed by atoms with Crippen molar-refractivity contribution >= 4 is 28.2 Å². The number of hydrogen-bond acceptors (Lipinski definition) is 6. The van der Waals surface area contributed by atoms with Gasteiger partial charge in [-0.25, -0.2) is 4.98 Å². The molecule has 0 saturated carbocycles. The third-order valence-corrected chi connectivity index (χ3v) is 5.40. The van der Waals surface area contributed by atoms with E-state index in [2.05, 4.69) is 32.2 Å². The van der Waals surface area contributed by atoms with Crippen LogP contribution in [-0.4, -0.2) is 43.7 Å². The number of amides is 1. The van der Waals surface area contributed by atoms with Crippen LogP contribution in [0.4, 0.5) is 0 Å². The number of aliphatic imine (C=N–C) groups is 1. The summed E-state index contributed by atoms with van der Waals surface area (Å²) in [5, 5.41) is 15.3. The first-order chi connectivity index (χ1) is 15.6. The van der Waals surface area contributed by atoms with Gasteiger partial charge in [-0.15, -0.1) is 0 Å². The fourth-order valence-corrected chi connectivity index (χ4v) is 3.64. The number of hydrogen-bond donors (Lipinski definition) is 2. The quantitative estimate of drug-likeness (QED) is 0.461. The molecular weight excluding hydrogens is 418 g/mol. The molecule has 0 spiro atoms. The van der Waals surface area contributed by atoms with Gasteiger partial charge in [0.25, 0.3) is 5.56 Å². The fourth-order valence-electron chi connectivity index (χ4n) is 3.64. The van der Waals surface area contributed by atoms with Crippen molar-refractivity contribution < 1.29 is 4.79 Å². The summed E-state index contributed by atoms with van der Waals surface area (Å²) >= 11 is 0. The second-order valence-corrected chi connectivity index (χ2v) is 7.90. The Morgan fingerprint density at radius 1 is 1.24 bits per heavy atom. The molecule has 0 aliphatic rings. The van der Waals surface area contributed by atoms with Crippen molar-refractivity contribution in [2.45, 2.75) is 26.8 Å². The zero-order valence-electron chi connectivity index (χ0n) is 19.6. The van der Waals surface area contributed by atoms with Gasteiger partial charge in [0.15, 0.2) is 0 Å². The molecule has 0 aliphatic carbocycles. The monoisotopic (exact) mass is 445 g/mol. The summed E-state index contributed by atoms with van der Waals surface area (Å²) in [6.07, 6.45) is 3.45. The molecule has 2 atom stereocenters. The maximum absolute atomic E-state index is 13.2. The highest BCUT2D eigenvalue weighted by Crippen LogP contribution is 2.17. The lowest BCUT2D eigenvalue weighted by molar-refractivity contribution is -0.122. The Labute approximate surface area is 192 Å². The highest BCUT2D eigenvalue weighted by Gasteiger charge is 2.26. The zero-order valence-corrected chi connectivity index (χ0v) is 19.6. The first-order valence-corrected chi connectivity index (χ1v) is 10.4. The molecule has 33 heavy (non-hydrogen) atoms. The van der Waals surface area contributed by atoms with Gasteiger partial charge in [0.2, 0.25) is 5.91 Å². The Morgan fingerprint density at radius 3 is 2.58 bits per heavy atom. The lowest BCUT2D eigenvalue weighted by atomic mass is 9.98. The van der Waals surface area contributed by atoms with E-state index in [1.54, 1.807) is 70.1 Å². The van der Waals surface area contributed by atoms with Gasteiger partial charge in [0.1, 0.15) is 11.7 Å². The summed E-state index contributed by atoms with van der Waals surface area (Å²) in [5.74, 6) is 5.37. The SMILES string of the molecule is CN=C(C)C(C(C)=N)C(=O)NC(C)c1nc2cccc(C#Cc3cnn(C)c3)c2c(=O)n1C. The Balaban J connectivity index is 2.00. The molecule has 2 heterocycles. The number of rotatable bonds is 5. The van der Waals surface area contributed by atoms with Crippen LogP contribution >= 0.6 is 0 Å². The number of carbonyl (C=O) groups is 1. The summed E-state index contributed by atoms with van der Waals surface area (Å²) in [7, 11) is 5.02. The highest BCUT2D eigenvalue weighted by atomic mass is 16.2. The topological polar surface area (TPSA) is 118 Å². The largest absolute Gasteiger partial charge is 0.346 e. The van der Waals surface area contributed by atoms with E-state index >= 15 is 0 Å². The maximum atomic E-state index is 13.2. The molecule has 2 N–H and O–H groups in total. The molecule has 9 heteroatoms. The summed E-state index contributed by atoms with van der Waals surface area (Å²) in [6, 6.07) is 4.77. The summed E-state index contributed by atoms with van der Waals surface area (Å²) in [6.45, 7) is 5.04. The average Bonchev–Trinajstić information content (AvgIpc) is 3.19. The molecule has 0 bridgehead atoms. The van der Waals surface area contributed by atoms with Gasteiger partial charge in [-0.05, 0) is 32.9 Å². The van der Waals surface area contributed by atoms with Gasteiger partial charge in [-0.2, -0.15) is 5.10 Å². The molecule has 3 rings (SSSR count). The van der Waals surface area contributed by atoms with Crippen LogP contribution in [0, 0.1) is 23.2 Å².